The number of methoxy groups -OCH3 is 2. The highest BCUT2D eigenvalue weighted by molar-refractivity contribution is 6.32. The lowest BCUT2D eigenvalue weighted by Gasteiger charge is -2.14. The Morgan fingerprint density at radius 2 is 1.58 bits per heavy atom. The monoisotopic (exact) mass is 377 g/mol. The molecule has 2 aromatic carbocycles. The molecule has 0 saturated heterocycles. The molecular weight excluding hydrogens is 358 g/mol. The van der Waals surface area contributed by atoms with Crippen LogP contribution < -0.4 is 25.4 Å². The number of benzene rings is 2. The summed E-state index contributed by atoms with van der Waals surface area (Å²) in [5.41, 5.74) is 1.89. The predicted octanol–water partition coefficient (Wildman–Crippen LogP) is 3.37. The largest absolute Gasteiger partial charge is 0.495 e. The second-order valence-electron chi connectivity index (χ2n) is 5.35. The van der Waals surface area contributed by atoms with Gasteiger partial charge in [0.05, 0.1) is 31.5 Å². The van der Waals surface area contributed by atoms with Gasteiger partial charge in [-0.15, -0.1) is 0 Å². The van der Waals surface area contributed by atoms with Crippen molar-refractivity contribution in [1.29, 1.82) is 0 Å². The van der Waals surface area contributed by atoms with Gasteiger partial charge in [-0.3, -0.25) is 9.59 Å². The van der Waals surface area contributed by atoms with E-state index in [1.165, 1.54) is 21.1 Å². The van der Waals surface area contributed by atoms with Crippen molar-refractivity contribution in [3.05, 3.63) is 41.4 Å². The van der Waals surface area contributed by atoms with Gasteiger partial charge >= 0.3 is 0 Å². The molecule has 2 amide bonds. The molecule has 0 unspecified atom stereocenters. The fourth-order valence-corrected chi connectivity index (χ4v) is 2.44. The fraction of sp³-hybridized carbons (Fsp3) is 0.222. The lowest BCUT2D eigenvalue weighted by Crippen LogP contribution is -2.22. The molecule has 0 bridgehead atoms. The van der Waals surface area contributed by atoms with E-state index in [-0.39, 0.29) is 18.4 Å². The summed E-state index contributed by atoms with van der Waals surface area (Å²) in [6.07, 6.45) is 0. The van der Waals surface area contributed by atoms with Crippen LogP contribution in [0.15, 0.2) is 36.4 Å². The van der Waals surface area contributed by atoms with Crippen molar-refractivity contribution in [2.75, 3.05) is 36.7 Å². The molecule has 2 rings (SSSR count). The molecular formula is C18H20ClN3O4. The van der Waals surface area contributed by atoms with Gasteiger partial charge in [0, 0.05) is 30.4 Å². The van der Waals surface area contributed by atoms with E-state index in [1.54, 1.807) is 36.4 Å². The number of carbonyl (C=O) groups is 2. The van der Waals surface area contributed by atoms with Gasteiger partial charge in [-0.05, 0) is 24.3 Å². The smallest absolute Gasteiger partial charge is 0.243 e. The fourth-order valence-electron chi connectivity index (χ4n) is 2.21. The van der Waals surface area contributed by atoms with Crippen LogP contribution in [-0.4, -0.2) is 32.6 Å². The van der Waals surface area contributed by atoms with Crippen molar-refractivity contribution in [3.8, 4) is 11.5 Å². The molecule has 3 N–H and O–H groups in total. The van der Waals surface area contributed by atoms with E-state index in [1.807, 2.05) is 0 Å². The Kier molecular flexibility index (Phi) is 6.68. The van der Waals surface area contributed by atoms with Crippen molar-refractivity contribution in [2.45, 2.75) is 6.92 Å². The van der Waals surface area contributed by atoms with E-state index >= 15 is 0 Å². The first-order valence-corrected chi connectivity index (χ1v) is 8.13. The van der Waals surface area contributed by atoms with Crippen molar-refractivity contribution < 1.29 is 19.1 Å². The number of amides is 2. The van der Waals surface area contributed by atoms with E-state index in [0.29, 0.717) is 27.9 Å². The van der Waals surface area contributed by atoms with Gasteiger partial charge in [0.2, 0.25) is 11.8 Å². The summed E-state index contributed by atoms with van der Waals surface area (Å²) in [6, 6.07) is 10.2. The van der Waals surface area contributed by atoms with Gasteiger partial charge in [-0.2, -0.15) is 0 Å². The van der Waals surface area contributed by atoms with Crippen LogP contribution in [0.25, 0.3) is 0 Å². The topological polar surface area (TPSA) is 88.7 Å². The Morgan fingerprint density at radius 3 is 2.15 bits per heavy atom. The highest BCUT2D eigenvalue weighted by Gasteiger charge is 2.12. The lowest BCUT2D eigenvalue weighted by molar-refractivity contribution is -0.115. The molecule has 0 aliphatic heterocycles. The van der Waals surface area contributed by atoms with E-state index in [2.05, 4.69) is 16.0 Å². The third-order valence-corrected chi connectivity index (χ3v) is 3.70. The third-order valence-electron chi connectivity index (χ3n) is 3.41. The summed E-state index contributed by atoms with van der Waals surface area (Å²) in [7, 11) is 2.98. The normalized spacial score (nSPS) is 10.0. The number of nitrogens with one attached hydrogen (secondary N) is 3. The number of hydrogen-bond donors (Lipinski definition) is 3. The maximum atomic E-state index is 12.2. The highest BCUT2D eigenvalue weighted by atomic mass is 35.5. The standard InChI is InChI=1S/C18H20ClN3O4/c1-11(23)21-13-6-4-12(5-7-13)20-10-18(24)22-15-9-16(25-2)14(19)8-17(15)26-3/h4-9,20H,10H2,1-3H3,(H,21,23)(H,22,24). The van der Waals surface area contributed by atoms with Gasteiger partial charge in [-0.1, -0.05) is 11.6 Å². The average Bonchev–Trinajstić information content (AvgIpc) is 2.61. The molecule has 0 aliphatic rings. The van der Waals surface area contributed by atoms with Crippen LogP contribution in [0.1, 0.15) is 6.92 Å². The number of rotatable bonds is 7. The van der Waals surface area contributed by atoms with Crippen LogP contribution in [0.3, 0.4) is 0 Å². The highest BCUT2D eigenvalue weighted by Crippen LogP contribution is 2.35. The maximum Gasteiger partial charge on any atom is 0.243 e. The molecule has 26 heavy (non-hydrogen) atoms. The van der Waals surface area contributed by atoms with Gasteiger partial charge in [0.1, 0.15) is 11.5 Å². The van der Waals surface area contributed by atoms with Crippen LogP contribution in [0.4, 0.5) is 17.1 Å². The number of ether oxygens (including phenoxy) is 2. The average molecular weight is 378 g/mol. The summed E-state index contributed by atoms with van der Waals surface area (Å²) >= 11 is 6.05. The quantitative estimate of drug-likeness (QED) is 0.688. The molecule has 0 saturated carbocycles. The summed E-state index contributed by atoms with van der Waals surface area (Å²) in [6.45, 7) is 1.49. The zero-order valence-electron chi connectivity index (χ0n) is 14.7. The van der Waals surface area contributed by atoms with E-state index < -0.39 is 0 Å². The Labute approximate surface area is 156 Å². The Bertz CT molecular complexity index is 794. The maximum absolute atomic E-state index is 12.2. The number of halogens is 1. The van der Waals surface area contributed by atoms with Crippen molar-refractivity contribution in [3.63, 3.8) is 0 Å². The van der Waals surface area contributed by atoms with Crippen molar-refractivity contribution in [1.82, 2.24) is 0 Å². The molecule has 8 heteroatoms. The van der Waals surface area contributed by atoms with E-state index in [0.717, 1.165) is 5.69 Å². The van der Waals surface area contributed by atoms with Crippen molar-refractivity contribution in [2.24, 2.45) is 0 Å². The van der Waals surface area contributed by atoms with Crippen LogP contribution in [0.5, 0.6) is 11.5 Å². The summed E-state index contributed by atoms with van der Waals surface area (Å²) in [4.78, 5) is 23.2. The predicted molar refractivity (Wildman–Crippen MR) is 102 cm³/mol. The van der Waals surface area contributed by atoms with Crippen LogP contribution in [0, 0.1) is 0 Å². The molecule has 0 radical (unpaired) electrons. The minimum absolute atomic E-state index is 0.0492. The van der Waals surface area contributed by atoms with Crippen molar-refractivity contribution >= 4 is 40.5 Å². The zero-order valence-corrected chi connectivity index (χ0v) is 15.4. The first-order chi connectivity index (χ1) is 12.4. The Hall–Kier alpha value is -2.93. The number of anilines is 3. The van der Waals surface area contributed by atoms with Crippen LogP contribution >= 0.6 is 11.6 Å². The summed E-state index contributed by atoms with van der Waals surface area (Å²) < 4.78 is 10.4. The van der Waals surface area contributed by atoms with E-state index in [9.17, 15) is 9.59 Å². The van der Waals surface area contributed by atoms with Crippen LogP contribution in [-0.2, 0) is 9.59 Å². The minimum atomic E-state index is -0.265. The Balaban J connectivity index is 1.97. The van der Waals surface area contributed by atoms with Gasteiger partial charge < -0.3 is 25.4 Å². The molecule has 138 valence electrons. The second-order valence-corrected chi connectivity index (χ2v) is 5.75. The lowest BCUT2D eigenvalue weighted by atomic mass is 10.2. The summed E-state index contributed by atoms with van der Waals surface area (Å²) in [5, 5.41) is 8.81. The molecule has 7 nitrogen and oxygen atoms in total. The molecule has 0 aromatic heterocycles. The third kappa shape index (κ3) is 5.29. The zero-order chi connectivity index (χ0) is 19.1. The minimum Gasteiger partial charge on any atom is -0.495 e. The molecule has 0 spiro atoms. The Morgan fingerprint density at radius 1 is 0.962 bits per heavy atom. The van der Waals surface area contributed by atoms with E-state index in [4.69, 9.17) is 21.1 Å². The van der Waals surface area contributed by atoms with Gasteiger partial charge in [0.25, 0.3) is 0 Å². The SMILES string of the molecule is COc1cc(NC(=O)CNc2ccc(NC(C)=O)cc2)c(OC)cc1Cl. The first kappa shape index (κ1) is 19.4. The molecule has 0 aliphatic carbocycles. The first-order valence-electron chi connectivity index (χ1n) is 7.76. The summed E-state index contributed by atoms with van der Waals surface area (Å²) in [5.74, 6) is 0.462. The van der Waals surface area contributed by atoms with Gasteiger partial charge in [-0.25, -0.2) is 0 Å². The molecule has 0 heterocycles. The van der Waals surface area contributed by atoms with Crippen LogP contribution in [0.2, 0.25) is 5.02 Å². The second kappa shape index (κ2) is 8.96. The molecule has 0 fully saturated rings. The van der Waals surface area contributed by atoms with Gasteiger partial charge in [0.15, 0.2) is 0 Å². The number of carbonyl (C=O) groups excluding carboxylic acids is 2. The molecule has 0 atom stereocenters. The molecule has 2 aromatic rings. The number of hydrogen-bond acceptors (Lipinski definition) is 5.